The molecule has 7 nitrogen and oxygen atoms in total. The summed E-state index contributed by atoms with van der Waals surface area (Å²) in [4.78, 5) is 40.6. The number of nitrogens with one attached hydrogen (secondary N) is 2. The van der Waals surface area contributed by atoms with Crippen LogP contribution in [-0.2, 0) is 14.3 Å². The summed E-state index contributed by atoms with van der Waals surface area (Å²) < 4.78 is 5.36. The third-order valence-electron chi connectivity index (χ3n) is 5.15. The molecule has 186 valence electrons. The quantitative estimate of drug-likeness (QED) is 0.433. The Bertz CT molecular complexity index is 779. The number of unbranched alkanes of at least 4 members (excludes halogenated alkanes) is 2. The van der Waals surface area contributed by atoms with Gasteiger partial charge in [0.1, 0.15) is 17.7 Å². The maximum Gasteiger partial charge on any atom is 0.408 e. The van der Waals surface area contributed by atoms with Crippen LogP contribution in [0, 0.1) is 6.92 Å². The third kappa shape index (κ3) is 10.1. The summed E-state index contributed by atoms with van der Waals surface area (Å²) in [7, 11) is 1.62. The van der Waals surface area contributed by atoms with Gasteiger partial charge in [-0.1, -0.05) is 44.0 Å². The van der Waals surface area contributed by atoms with Crippen molar-refractivity contribution >= 4 is 29.7 Å². The molecule has 0 aromatic heterocycles. The monoisotopic (exact) mass is 479 g/mol. The van der Waals surface area contributed by atoms with E-state index in [0.717, 1.165) is 30.4 Å². The number of nitrogens with zero attached hydrogens (tertiary/aromatic N) is 1. The first-order chi connectivity index (χ1) is 15.5. The summed E-state index contributed by atoms with van der Waals surface area (Å²) in [6.07, 6.45) is 4.70. The van der Waals surface area contributed by atoms with E-state index in [1.54, 1.807) is 39.6 Å². The summed E-state index contributed by atoms with van der Waals surface area (Å²) in [5, 5.41) is 5.70. The standard InChI is InChI=1S/C25H41N3O4S/c1-8-9-12-16-26-22(29)21(19-14-11-10-13-18(19)2)28(6)23(30)20(15-17-33-7)27-24(31)32-25(3,4)5/h10-11,13-14,20-21H,8-9,12,15-17H2,1-7H3,(H,26,29)(H,27,31). The molecule has 2 N–H and O–H groups in total. The van der Waals surface area contributed by atoms with E-state index in [-0.39, 0.29) is 11.8 Å². The molecule has 0 aliphatic heterocycles. The number of carbonyl (C=O) groups excluding carboxylic acids is 3. The van der Waals surface area contributed by atoms with Crippen molar-refractivity contribution in [2.45, 2.75) is 78.0 Å². The molecule has 2 atom stereocenters. The molecule has 0 spiro atoms. The summed E-state index contributed by atoms with van der Waals surface area (Å²) in [5.41, 5.74) is 1.01. The van der Waals surface area contributed by atoms with Crippen molar-refractivity contribution in [1.82, 2.24) is 15.5 Å². The van der Waals surface area contributed by atoms with Crippen LogP contribution in [0.1, 0.15) is 70.5 Å². The first kappa shape index (κ1) is 28.8. The molecule has 0 aliphatic rings. The Hall–Kier alpha value is -2.22. The highest BCUT2D eigenvalue weighted by Gasteiger charge is 2.34. The van der Waals surface area contributed by atoms with E-state index in [4.69, 9.17) is 4.74 Å². The normalized spacial score (nSPS) is 13.1. The smallest absolute Gasteiger partial charge is 0.408 e. The molecular formula is C25H41N3O4S. The number of amides is 3. The van der Waals surface area contributed by atoms with E-state index >= 15 is 0 Å². The Morgan fingerprint density at radius 2 is 1.82 bits per heavy atom. The molecule has 0 aliphatic carbocycles. The average molecular weight is 480 g/mol. The highest BCUT2D eigenvalue weighted by Crippen LogP contribution is 2.24. The minimum Gasteiger partial charge on any atom is -0.444 e. The van der Waals surface area contributed by atoms with Gasteiger partial charge < -0.3 is 20.3 Å². The van der Waals surface area contributed by atoms with E-state index in [9.17, 15) is 14.4 Å². The zero-order valence-electron chi connectivity index (χ0n) is 21.2. The van der Waals surface area contributed by atoms with Gasteiger partial charge in [-0.25, -0.2) is 4.79 Å². The van der Waals surface area contributed by atoms with Crippen LogP contribution in [0.15, 0.2) is 24.3 Å². The summed E-state index contributed by atoms with van der Waals surface area (Å²) >= 11 is 1.59. The molecule has 1 aromatic carbocycles. The molecular weight excluding hydrogens is 438 g/mol. The number of carbonyl (C=O) groups is 3. The first-order valence-electron chi connectivity index (χ1n) is 11.6. The van der Waals surface area contributed by atoms with Gasteiger partial charge in [0.15, 0.2) is 0 Å². The van der Waals surface area contributed by atoms with Crippen molar-refractivity contribution in [2.24, 2.45) is 0 Å². The van der Waals surface area contributed by atoms with Crippen molar-refractivity contribution in [3.05, 3.63) is 35.4 Å². The summed E-state index contributed by atoms with van der Waals surface area (Å²) in [6, 6.07) is 5.97. The molecule has 0 saturated heterocycles. The largest absolute Gasteiger partial charge is 0.444 e. The fraction of sp³-hybridized carbons (Fsp3) is 0.640. The Kier molecular flexibility index (Phi) is 12.3. The molecule has 8 heteroatoms. The zero-order valence-corrected chi connectivity index (χ0v) is 22.0. The molecule has 0 saturated carbocycles. The third-order valence-corrected chi connectivity index (χ3v) is 5.79. The van der Waals surface area contributed by atoms with Crippen LogP contribution in [-0.4, -0.2) is 60.1 Å². The van der Waals surface area contributed by atoms with E-state index < -0.39 is 23.8 Å². The van der Waals surface area contributed by atoms with Crippen molar-refractivity contribution in [3.8, 4) is 0 Å². The Labute approximate surface area is 203 Å². The average Bonchev–Trinajstić information content (AvgIpc) is 2.73. The maximum absolute atomic E-state index is 13.5. The lowest BCUT2D eigenvalue weighted by molar-refractivity contribution is -0.140. The lowest BCUT2D eigenvalue weighted by atomic mass is 9.98. The Morgan fingerprint density at radius 3 is 2.39 bits per heavy atom. The molecule has 0 bridgehead atoms. The first-order valence-corrected chi connectivity index (χ1v) is 13.0. The highest BCUT2D eigenvalue weighted by atomic mass is 32.2. The van der Waals surface area contributed by atoms with Gasteiger partial charge in [-0.2, -0.15) is 11.8 Å². The van der Waals surface area contributed by atoms with Crippen molar-refractivity contribution < 1.29 is 19.1 Å². The molecule has 3 amide bonds. The second-order valence-corrected chi connectivity index (χ2v) is 10.2. The predicted octanol–water partition coefficient (Wildman–Crippen LogP) is 4.45. The van der Waals surface area contributed by atoms with Crippen molar-refractivity contribution in [3.63, 3.8) is 0 Å². The van der Waals surface area contributed by atoms with Crippen LogP contribution < -0.4 is 10.6 Å². The van der Waals surface area contributed by atoms with Gasteiger partial charge in [0, 0.05) is 13.6 Å². The minimum absolute atomic E-state index is 0.225. The SMILES string of the molecule is CCCCCNC(=O)C(c1ccccc1C)N(C)C(=O)C(CCSC)NC(=O)OC(C)(C)C. The van der Waals surface area contributed by atoms with Gasteiger partial charge in [0.05, 0.1) is 0 Å². The van der Waals surface area contributed by atoms with Gasteiger partial charge in [0.25, 0.3) is 0 Å². The van der Waals surface area contributed by atoms with Crippen molar-refractivity contribution in [2.75, 3.05) is 25.6 Å². The minimum atomic E-state index is -0.795. The number of alkyl carbamates (subject to hydrolysis) is 1. The van der Waals surface area contributed by atoms with E-state index in [2.05, 4.69) is 17.6 Å². The van der Waals surface area contributed by atoms with Gasteiger partial charge in [0.2, 0.25) is 11.8 Å². The fourth-order valence-corrected chi connectivity index (χ4v) is 3.89. The number of hydrogen-bond acceptors (Lipinski definition) is 5. The topological polar surface area (TPSA) is 87.7 Å². The fourth-order valence-electron chi connectivity index (χ4n) is 3.42. The molecule has 33 heavy (non-hydrogen) atoms. The van der Waals surface area contributed by atoms with Crippen LogP contribution in [0.4, 0.5) is 4.79 Å². The van der Waals surface area contributed by atoms with Gasteiger partial charge in [-0.05, 0) is 63.7 Å². The predicted molar refractivity (Wildman–Crippen MR) is 135 cm³/mol. The van der Waals surface area contributed by atoms with E-state index in [1.807, 2.05) is 37.4 Å². The molecule has 2 unspecified atom stereocenters. The Morgan fingerprint density at radius 1 is 1.15 bits per heavy atom. The van der Waals surface area contributed by atoms with Crippen LogP contribution in [0.5, 0.6) is 0 Å². The van der Waals surface area contributed by atoms with E-state index in [1.165, 1.54) is 4.90 Å². The Balaban J connectivity index is 3.15. The highest BCUT2D eigenvalue weighted by molar-refractivity contribution is 7.98. The number of rotatable bonds is 12. The van der Waals surface area contributed by atoms with Crippen LogP contribution in [0.3, 0.4) is 0 Å². The number of thioether (sulfide) groups is 1. The molecule has 0 heterocycles. The summed E-state index contributed by atoms with van der Waals surface area (Å²) in [6.45, 7) is 9.91. The maximum atomic E-state index is 13.5. The number of likely N-dealkylation sites (N-methyl/N-ethyl adjacent to an activating group) is 1. The number of ether oxygens (including phenoxy) is 1. The second kappa shape index (κ2) is 14.1. The van der Waals surface area contributed by atoms with Crippen LogP contribution in [0.2, 0.25) is 0 Å². The molecule has 0 fully saturated rings. The molecule has 1 rings (SSSR count). The van der Waals surface area contributed by atoms with Gasteiger partial charge in [-0.3, -0.25) is 9.59 Å². The number of hydrogen-bond donors (Lipinski definition) is 2. The number of benzene rings is 1. The summed E-state index contributed by atoms with van der Waals surface area (Å²) in [5.74, 6) is 0.127. The van der Waals surface area contributed by atoms with Crippen LogP contribution in [0.25, 0.3) is 0 Å². The van der Waals surface area contributed by atoms with Crippen molar-refractivity contribution in [1.29, 1.82) is 0 Å². The molecule has 1 aromatic rings. The zero-order chi connectivity index (χ0) is 25.0. The molecule has 0 radical (unpaired) electrons. The van der Waals surface area contributed by atoms with Gasteiger partial charge in [-0.15, -0.1) is 0 Å². The number of aryl methyl sites for hydroxylation is 1. The lowest BCUT2D eigenvalue weighted by Gasteiger charge is -2.32. The lowest BCUT2D eigenvalue weighted by Crippen LogP contribution is -2.52. The van der Waals surface area contributed by atoms with E-state index in [0.29, 0.717) is 18.7 Å². The second-order valence-electron chi connectivity index (χ2n) is 9.19. The van der Waals surface area contributed by atoms with Crippen LogP contribution >= 0.6 is 11.8 Å². The van der Waals surface area contributed by atoms with Gasteiger partial charge >= 0.3 is 6.09 Å².